The summed E-state index contributed by atoms with van der Waals surface area (Å²) in [4.78, 5) is 0. The molecule has 0 radical (unpaired) electrons. The fraction of sp³-hybridized carbons (Fsp3) is 1.00. The first kappa shape index (κ1) is 28.0. The molecule has 0 spiro atoms. The van der Waals surface area contributed by atoms with Gasteiger partial charge in [-0.3, -0.25) is 0 Å². The first-order valence-electron chi connectivity index (χ1n) is 4.28. The molecule has 8 nitrogen and oxygen atoms in total. The first-order valence-corrected chi connectivity index (χ1v) is 7.44. The van der Waals surface area contributed by atoms with Crippen molar-refractivity contribution in [3.8, 4) is 0 Å². The molecule has 18 heavy (non-hydrogen) atoms. The summed E-state index contributed by atoms with van der Waals surface area (Å²) in [5.41, 5.74) is 0. The summed E-state index contributed by atoms with van der Waals surface area (Å²) in [5.74, 6) is -0.660. The van der Waals surface area contributed by atoms with Gasteiger partial charge < -0.3 is 19.7 Å². The Hall–Kier alpha value is 1.74. The maximum absolute atomic E-state index is 9.79. The molecule has 0 aliphatic heterocycles. The van der Waals surface area contributed by atoms with E-state index in [-0.39, 0.29) is 83.7 Å². The fourth-order valence-electron chi connectivity index (χ4n) is 0.454. The Labute approximate surface area is 153 Å². The molecular formula is C6H16N2Na2O6S2. The summed E-state index contributed by atoms with van der Waals surface area (Å²) in [7, 11) is -4.82. The molecule has 100 valence electrons. The van der Waals surface area contributed by atoms with Gasteiger partial charge in [-0.1, -0.05) is 0 Å². The Morgan fingerprint density at radius 1 is 0.778 bits per heavy atom. The molecule has 0 aliphatic carbocycles. The zero-order chi connectivity index (χ0) is 13.2. The van der Waals surface area contributed by atoms with Crippen LogP contribution in [0.25, 0.3) is 0 Å². The Morgan fingerprint density at radius 2 is 1.00 bits per heavy atom. The van der Waals surface area contributed by atoms with Gasteiger partial charge in [0.15, 0.2) is 0 Å². The van der Waals surface area contributed by atoms with Crippen LogP contribution in [0.15, 0.2) is 0 Å². The zero-order valence-electron chi connectivity index (χ0n) is 11.1. The second-order valence-corrected chi connectivity index (χ2v) is 5.78. The second kappa shape index (κ2) is 15.1. The number of hydrogen-bond acceptors (Lipinski definition) is 8. The van der Waals surface area contributed by atoms with Crippen LogP contribution in [-0.2, 0) is 20.2 Å². The van der Waals surface area contributed by atoms with E-state index in [1.165, 1.54) is 0 Å². The minimum absolute atomic E-state index is 0. The molecule has 0 fully saturated rings. The van der Waals surface area contributed by atoms with Crippen LogP contribution in [0.2, 0.25) is 0 Å². The molecule has 0 rings (SSSR count). The van der Waals surface area contributed by atoms with Crippen molar-refractivity contribution in [2.45, 2.75) is 0 Å². The van der Waals surface area contributed by atoms with Gasteiger partial charge in [0.25, 0.3) is 0 Å². The van der Waals surface area contributed by atoms with E-state index in [9.17, 15) is 25.9 Å². The van der Waals surface area contributed by atoms with Gasteiger partial charge in [-0.05, 0) is 14.1 Å². The third-order valence-corrected chi connectivity index (χ3v) is 2.61. The van der Waals surface area contributed by atoms with Crippen LogP contribution in [-0.4, -0.2) is 64.6 Å². The minimum atomic E-state index is -4.00. The molecule has 2 N–H and O–H groups in total. The van der Waals surface area contributed by atoms with Gasteiger partial charge in [0.2, 0.25) is 0 Å². The maximum atomic E-state index is 9.79. The van der Waals surface area contributed by atoms with Crippen molar-refractivity contribution in [3.05, 3.63) is 0 Å². The second-order valence-electron chi connectivity index (χ2n) is 2.73. The molecule has 0 aromatic carbocycles. The number of rotatable bonds is 6. The molecule has 12 heteroatoms. The molecule has 0 atom stereocenters. The van der Waals surface area contributed by atoms with E-state index in [4.69, 9.17) is 0 Å². The van der Waals surface area contributed by atoms with Crippen molar-refractivity contribution in [1.29, 1.82) is 0 Å². The van der Waals surface area contributed by atoms with Gasteiger partial charge >= 0.3 is 59.1 Å². The van der Waals surface area contributed by atoms with Crippen LogP contribution < -0.4 is 69.7 Å². The molecule has 0 aromatic rings. The SMILES string of the molecule is CNCCS(=O)(=O)[O-].CNCCS(=O)(=O)[O-].[Na+].[Na+]. The molecule has 0 bridgehead atoms. The van der Waals surface area contributed by atoms with Crippen LogP contribution in [0.5, 0.6) is 0 Å². The summed E-state index contributed by atoms with van der Waals surface area (Å²) in [6.07, 6.45) is 0. The minimum Gasteiger partial charge on any atom is -0.748 e. The summed E-state index contributed by atoms with van der Waals surface area (Å²) in [5, 5.41) is 5.09. The molecule has 0 aromatic heterocycles. The van der Waals surface area contributed by atoms with Crippen molar-refractivity contribution >= 4 is 20.2 Å². The molecule has 0 unspecified atom stereocenters. The Balaban J connectivity index is -0.0000000980. The zero-order valence-corrected chi connectivity index (χ0v) is 16.7. The molecule has 0 aliphatic rings. The fourth-order valence-corrected chi connectivity index (χ4v) is 1.36. The summed E-state index contributed by atoms with van der Waals surface area (Å²) < 4.78 is 58.8. The molecule has 0 saturated carbocycles. The largest absolute Gasteiger partial charge is 1.00 e. The first-order chi connectivity index (χ1) is 7.12. The summed E-state index contributed by atoms with van der Waals surface area (Å²) in [6.45, 7) is 0.456. The monoisotopic (exact) mass is 322 g/mol. The molecule has 0 amide bonds. The van der Waals surface area contributed by atoms with Crippen LogP contribution >= 0.6 is 0 Å². The third-order valence-electron chi connectivity index (χ3n) is 1.20. The Bertz CT molecular complexity index is 322. The van der Waals surface area contributed by atoms with Gasteiger partial charge in [0.05, 0.1) is 31.7 Å². The topological polar surface area (TPSA) is 138 Å². The van der Waals surface area contributed by atoms with E-state index in [1.54, 1.807) is 14.1 Å². The third kappa shape index (κ3) is 36.1. The van der Waals surface area contributed by atoms with Gasteiger partial charge in [0.1, 0.15) is 0 Å². The van der Waals surface area contributed by atoms with E-state index < -0.39 is 20.2 Å². The summed E-state index contributed by atoms with van der Waals surface area (Å²) >= 11 is 0. The number of nitrogens with one attached hydrogen (secondary N) is 2. The van der Waals surface area contributed by atoms with Gasteiger partial charge in [-0.2, -0.15) is 0 Å². The van der Waals surface area contributed by atoms with Crippen LogP contribution in [0.4, 0.5) is 0 Å². The van der Waals surface area contributed by atoms with E-state index in [0.717, 1.165) is 0 Å². The maximum Gasteiger partial charge on any atom is 1.00 e. The average molecular weight is 322 g/mol. The standard InChI is InChI=1S/2C3H9NO3S.2Na/c2*1-4-2-3-8(5,6)7;;/h2*4H,2-3H2,1H3,(H,5,6,7);;/q;;2*+1/p-2. The molecule has 0 saturated heterocycles. The van der Waals surface area contributed by atoms with Crippen molar-refractivity contribution in [3.63, 3.8) is 0 Å². The Morgan fingerprint density at radius 3 is 1.06 bits per heavy atom. The van der Waals surface area contributed by atoms with Gasteiger partial charge in [0, 0.05) is 13.1 Å². The van der Waals surface area contributed by atoms with Crippen LogP contribution in [0.1, 0.15) is 0 Å². The normalized spacial score (nSPS) is 10.4. The smallest absolute Gasteiger partial charge is 0.748 e. The van der Waals surface area contributed by atoms with Gasteiger partial charge in [-0.25, -0.2) is 16.8 Å². The summed E-state index contributed by atoms with van der Waals surface area (Å²) in [6, 6.07) is 0. The van der Waals surface area contributed by atoms with Crippen molar-refractivity contribution < 1.29 is 85.1 Å². The Kier molecular flexibility index (Phi) is 23.5. The van der Waals surface area contributed by atoms with Crippen molar-refractivity contribution in [2.75, 3.05) is 38.7 Å². The number of hydrogen-bond donors (Lipinski definition) is 2. The van der Waals surface area contributed by atoms with E-state index >= 15 is 0 Å². The van der Waals surface area contributed by atoms with E-state index in [2.05, 4.69) is 10.6 Å². The van der Waals surface area contributed by atoms with E-state index in [0.29, 0.717) is 0 Å². The molecular weight excluding hydrogens is 306 g/mol. The predicted octanol–water partition coefficient (Wildman–Crippen LogP) is -8.49. The van der Waals surface area contributed by atoms with Crippen LogP contribution in [0, 0.1) is 0 Å². The van der Waals surface area contributed by atoms with Gasteiger partial charge in [-0.15, -0.1) is 0 Å². The van der Waals surface area contributed by atoms with Crippen molar-refractivity contribution in [1.82, 2.24) is 10.6 Å². The quantitative estimate of drug-likeness (QED) is 0.363. The average Bonchev–Trinajstić information content (AvgIpc) is 2.10. The van der Waals surface area contributed by atoms with Crippen molar-refractivity contribution in [2.24, 2.45) is 0 Å². The van der Waals surface area contributed by atoms with E-state index in [1.807, 2.05) is 0 Å². The predicted molar refractivity (Wildman–Crippen MR) is 57.0 cm³/mol. The van der Waals surface area contributed by atoms with Crippen LogP contribution in [0.3, 0.4) is 0 Å². The molecule has 0 heterocycles.